The third kappa shape index (κ3) is 5.73. The van der Waals surface area contributed by atoms with Gasteiger partial charge in [0.25, 0.3) is 5.56 Å². The van der Waals surface area contributed by atoms with Gasteiger partial charge in [-0.3, -0.25) is 9.36 Å². The standard InChI is InChI=1S/C28H20ClF5N4O3/c29-21-13-17(28(32,33)34)5-10-23(21)41-27(40)37-12-11-20-22(14-37)36-26(35)38(25(20)39)24(15-1-6-18(30)7-2-15)16-3-8-19(31)9-4-16/h1-10,13,24H,11-12,14H2,(H2,35,36). The predicted octanol–water partition coefficient (Wildman–Crippen LogP) is 5.97. The van der Waals surface area contributed by atoms with Crippen LogP contribution in [0.5, 0.6) is 5.75 Å². The van der Waals surface area contributed by atoms with E-state index in [9.17, 15) is 31.5 Å². The molecule has 4 aromatic rings. The first-order valence-corrected chi connectivity index (χ1v) is 12.5. The lowest BCUT2D eigenvalue weighted by Gasteiger charge is -2.29. The molecule has 2 N–H and O–H groups in total. The third-order valence-corrected chi connectivity index (χ3v) is 6.93. The fourth-order valence-corrected chi connectivity index (χ4v) is 4.84. The van der Waals surface area contributed by atoms with Crippen LogP contribution in [-0.4, -0.2) is 27.1 Å². The van der Waals surface area contributed by atoms with E-state index in [2.05, 4.69) is 4.98 Å². The van der Waals surface area contributed by atoms with Gasteiger partial charge in [0, 0.05) is 12.1 Å². The Labute approximate surface area is 234 Å². The van der Waals surface area contributed by atoms with E-state index in [-0.39, 0.29) is 42.5 Å². The van der Waals surface area contributed by atoms with Crippen molar-refractivity contribution in [2.75, 3.05) is 12.3 Å². The van der Waals surface area contributed by atoms with Gasteiger partial charge >= 0.3 is 12.3 Å². The van der Waals surface area contributed by atoms with Crippen molar-refractivity contribution in [1.29, 1.82) is 0 Å². The number of rotatable bonds is 4. The number of fused-ring (bicyclic) bond motifs is 1. The van der Waals surface area contributed by atoms with Crippen LogP contribution in [0.25, 0.3) is 0 Å². The molecule has 0 unspecified atom stereocenters. The fraction of sp³-hybridized carbons (Fsp3) is 0.179. The first kappa shape index (κ1) is 28.1. The van der Waals surface area contributed by atoms with Gasteiger partial charge in [0.2, 0.25) is 5.95 Å². The minimum atomic E-state index is -4.62. The van der Waals surface area contributed by atoms with Crippen LogP contribution in [0.1, 0.15) is 34.0 Å². The number of ether oxygens (including phenoxy) is 1. The highest BCUT2D eigenvalue weighted by Crippen LogP contribution is 2.35. The van der Waals surface area contributed by atoms with Gasteiger partial charge in [-0.1, -0.05) is 35.9 Å². The third-order valence-electron chi connectivity index (χ3n) is 6.64. The molecule has 0 radical (unpaired) electrons. The van der Waals surface area contributed by atoms with E-state index in [1.54, 1.807) is 0 Å². The Morgan fingerprint density at radius 3 is 2.10 bits per heavy atom. The fourth-order valence-electron chi connectivity index (χ4n) is 4.63. The molecule has 0 saturated heterocycles. The Morgan fingerprint density at radius 1 is 0.976 bits per heavy atom. The minimum absolute atomic E-state index is 0.0304. The molecule has 0 fully saturated rings. The number of carbonyl (C=O) groups excluding carboxylic acids is 1. The quantitative estimate of drug-likeness (QED) is 0.296. The molecule has 0 atom stereocenters. The maximum atomic E-state index is 13.7. The lowest BCUT2D eigenvalue weighted by molar-refractivity contribution is -0.137. The predicted molar refractivity (Wildman–Crippen MR) is 140 cm³/mol. The number of hydrogen-bond donors (Lipinski definition) is 1. The van der Waals surface area contributed by atoms with Crippen molar-refractivity contribution in [1.82, 2.24) is 14.5 Å². The minimum Gasteiger partial charge on any atom is -0.409 e. The van der Waals surface area contributed by atoms with E-state index in [1.807, 2.05) is 0 Å². The number of hydrogen-bond acceptors (Lipinski definition) is 5. The van der Waals surface area contributed by atoms with Crippen molar-refractivity contribution < 1.29 is 31.5 Å². The van der Waals surface area contributed by atoms with Crippen LogP contribution in [-0.2, 0) is 19.1 Å². The molecule has 0 aliphatic carbocycles. The number of nitrogens with zero attached hydrogens (tertiary/aromatic N) is 3. The number of aromatic nitrogens is 2. The van der Waals surface area contributed by atoms with Crippen molar-refractivity contribution in [3.63, 3.8) is 0 Å². The zero-order valence-corrected chi connectivity index (χ0v) is 21.7. The van der Waals surface area contributed by atoms with Crippen molar-refractivity contribution in [2.24, 2.45) is 0 Å². The molecule has 1 aromatic heterocycles. The van der Waals surface area contributed by atoms with Crippen LogP contribution in [0, 0.1) is 11.6 Å². The molecule has 5 rings (SSSR count). The van der Waals surface area contributed by atoms with Gasteiger partial charge in [-0.25, -0.2) is 18.6 Å². The second-order valence-corrected chi connectivity index (χ2v) is 9.67. The Balaban J connectivity index is 1.45. The van der Waals surface area contributed by atoms with Gasteiger partial charge in [0.15, 0.2) is 5.75 Å². The molecule has 0 saturated carbocycles. The second kappa shape index (κ2) is 10.8. The average molecular weight is 591 g/mol. The topological polar surface area (TPSA) is 90.5 Å². The zero-order valence-electron chi connectivity index (χ0n) is 21.0. The Hall–Kier alpha value is -4.45. The summed E-state index contributed by atoms with van der Waals surface area (Å²) in [6, 6.07) is 12.3. The van der Waals surface area contributed by atoms with E-state index < -0.39 is 46.1 Å². The molecule has 2 heterocycles. The smallest absolute Gasteiger partial charge is 0.409 e. The maximum absolute atomic E-state index is 13.7. The summed E-state index contributed by atoms with van der Waals surface area (Å²) in [4.78, 5) is 32.1. The summed E-state index contributed by atoms with van der Waals surface area (Å²) < 4.78 is 72.5. The van der Waals surface area contributed by atoms with Gasteiger partial charge in [0.1, 0.15) is 11.6 Å². The molecule has 0 bridgehead atoms. The van der Waals surface area contributed by atoms with Gasteiger partial charge in [0.05, 0.1) is 28.9 Å². The highest BCUT2D eigenvalue weighted by molar-refractivity contribution is 6.32. The van der Waals surface area contributed by atoms with Crippen molar-refractivity contribution >= 4 is 23.6 Å². The van der Waals surface area contributed by atoms with E-state index in [1.165, 1.54) is 58.0 Å². The van der Waals surface area contributed by atoms with E-state index in [0.29, 0.717) is 17.2 Å². The Morgan fingerprint density at radius 2 is 1.56 bits per heavy atom. The number of benzene rings is 3. The number of alkyl halides is 3. The summed E-state index contributed by atoms with van der Waals surface area (Å²) in [5.41, 5.74) is 6.26. The van der Waals surface area contributed by atoms with E-state index >= 15 is 0 Å². The van der Waals surface area contributed by atoms with Gasteiger partial charge in [-0.15, -0.1) is 0 Å². The maximum Gasteiger partial charge on any atom is 0.416 e. The molecule has 41 heavy (non-hydrogen) atoms. The monoisotopic (exact) mass is 590 g/mol. The molecule has 7 nitrogen and oxygen atoms in total. The first-order valence-electron chi connectivity index (χ1n) is 12.2. The first-order chi connectivity index (χ1) is 19.4. The average Bonchev–Trinajstić information content (AvgIpc) is 2.92. The molecule has 13 heteroatoms. The Kier molecular flexibility index (Phi) is 7.43. The summed E-state index contributed by atoms with van der Waals surface area (Å²) >= 11 is 5.90. The lowest BCUT2D eigenvalue weighted by atomic mass is 9.97. The van der Waals surface area contributed by atoms with E-state index in [0.717, 1.165) is 12.1 Å². The van der Waals surface area contributed by atoms with Gasteiger partial charge in [-0.2, -0.15) is 13.2 Å². The Bertz CT molecular complexity index is 1630. The normalized spacial score (nSPS) is 13.3. The largest absolute Gasteiger partial charge is 0.416 e. The molecule has 1 aliphatic rings. The number of nitrogens with two attached hydrogens (primary N) is 1. The SMILES string of the molecule is Nc1nc2c(c(=O)n1C(c1ccc(F)cc1)c1ccc(F)cc1)CCN(C(=O)Oc1ccc(C(F)(F)F)cc1Cl)C2. The molecular weight excluding hydrogens is 571 g/mol. The lowest BCUT2D eigenvalue weighted by Crippen LogP contribution is -2.43. The van der Waals surface area contributed by atoms with Crippen molar-refractivity contribution in [3.8, 4) is 5.75 Å². The molecule has 212 valence electrons. The van der Waals surface area contributed by atoms with Gasteiger partial charge < -0.3 is 15.4 Å². The summed E-state index contributed by atoms with van der Waals surface area (Å²) in [6.07, 6.45) is -5.46. The van der Waals surface area contributed by atoms with Crippen LogP contribution in [0.15, 0.2) is 71.5 Å². The summed E-state index contributed by atoms with van der Waals surface area (Å²) in [5.74, 6) is -1.44. The number of nitrogen functional groups attached to an aromatic ring is 1. The highest BCUT2D eigenvalue weighted by atomic mass is 35.5. The van der Waals surface area contributed by atoms with Crippen molar-refractivity contribution in [2.45, 2.75) is 25.2 Å². The molecule has 0 spiro atoms. The van der Waals surface area contributed by atoms with Crippen molar-refractivity contribution in [3.05, 3.63) is 122 Å². The van der Waals surface area contributed by atoms with Crippen LogP contribution >= 0.6 is 11.6 Å². The summed E-state index contributed by atoms with van der Waals surface area (Å²) in [7, 11) is 0. The number of anilines is 1. The molecule has 3 aromatic carbocycles. The van der Waals surface area contributed by atoms with Crippen LogP contribution in [0.3, 0.4) is 0 Å². The molecule has 1 amide bonds. The molecule has 1 aliphatic heterocycles. The summed E-state index contributed by atoms with van der Waals surface area (Å²) in [5, 5.41) is -0.400. The van der Waals surface area contributed by atoms with Crippen LogP contribution in [0.4, 0.5) is 32.7 Å². The van der Waals surface area contributed by atoms with Crippen LogP contribution in [0.2, 0.25) is 5.02 Å². The summed E-state index contributed by atoms with van der Waals surface area (Å²) in [6.45, 7) is -0.132. The number of halogens is 6. The van der Waals surface area contributed by atoms with Crippen LogP contribution < -0.4 is 16.0 Å². The highest BCUT2D eigenvalue weighted by Gasteiger charge is 2.32. The van der Waals surface area contributed by atoms with Gasteiger partial charge in [-0.05, 0) is 60.0 Å². The molecular formula is C28H20ClF5N4O3. The second-order valence-electron chi connectivity index (χ2n) is 9.26. The van der Waals surface area contributed by atoms with E-state index in [4.69, 9.17) is 22.1 Å². The number of amides is 1. The number of carbonyl (C=O) groups is 1. The zero-order chi connectivity index (χ0) is 29.5.